The molecule has 0 heterocycles. The minimum atomic E-state index is -4.94. The quantitative estimate of drug-likeness (QED) is 0.205. The number of halogens is 2. The van der Waals surface area contributed by atoms with E-state index in [9.17, 15) is 0 Å². The largest absolute Gasteiger partial charge is 1.00 e. The third-order valence-electron chi connectivity index (χ3n) is 0. The summed E-state index contributed by atoms with van der Waals surface area (Å²) in [6, 6.07) is 0. The number of hydrogen-bond donors (Lipinski definition) is 3. The van der Waals surface area contributed by atoms with Gasteiger partial charge >= 0.3 is 18.9 Å². The van der Waals surface area contributed by atoms with Crippen LogP contribution in [0.4, 0.5) is 0 Å². The SMILES string of the molecule is NN.[Li+].[O-][Cl+3]([O-])([O-])O.[O-][Cl+3]([O-])([O-])[O-]. The predicted octanol–water partition coefficient (Wildman–Crippen LogP) is -13.1. The maximum atomic E-state index is 8.60. The average Bonchev–Trinajstić information content (AvgIpc) is 1.59. The van der Waals surface area contributed by atoms with E-state index in [4.69, 9.17) is 37.3 Å². The third kappa shape index (κ3) is 2460. The molecule has 13 heteroatoms. The van der Waals surface area contributed by atoms with E-state index >= 15 is 0 Å². The van der Waals surface area contributed by atoms with E-state index in [-0.39, 0.29) is 18.9 Å². The number of hydrogen-bond acceptors (Lipinski definition) is 10. The van der Waals surface area contributed by atoms with Crippen molar-refractivity contribution in [1.82, 2.24) is 0 Å². The van der Waals surface area contributed by atoms with Crippen molar-refractivity contribution in [3.8, 4) is 0 Å². The molecule has 0 fully saturated rings. The summed E-state index contributed by atoms with van der Waals surface area (Å²) in [5, 5.41) is 0. The molecule has 13 heavy (non-hydrogen) atoms. The summed E-state index contributed by atoms with van der Waals surface area (Å²) in [5.41, 5.74) is 0. The van der Waals surface area contributed by atoms with Crippen LogP contribution in [0.1, 0.15) is 0 Å². The van der Waals surface area contributed by atoms with Crippen molar-refractivity contribution in [2.45, 2.75) is 0 Å². The summed E-state index contributed by atoms with van der Waals surface area (Å²) in [6.07, 6.45) is 0. The summed E-state index contributed by atoms with van der Waals surface area (Å²) in [7, 11) is -9.64. The van der Waals surface area contributed by atoms with Crippen molar-refractivity contribution in [3.05, 3.63) is 0 Å². The van der Waals surface area contributed by atoms with Crippen LogP contribution in [0.2, 0.25) is 0 Å². The Balaban J connectivity index is -0.0000000491. The van der Waals surface area contributed by atoms with Gasteiger partial charge in [-0.15, -0.1) is 10.2 Å². The Morgan fingerprint density at radius 3 is 0.769 bits per heavy atom. The van der Waals surface area contributed by atoms with Crippen molar-refractivity contribution >= 4 is 0 Å². The molecule has 0 saturated heterocycles. The summed E-state index contributed by atoms with van der Waals surface area (Å²) in [4.78, 5) is 0. The van der Waals surface area contributed by atoms with E-state index in [0.29, 0.717) is 0 Å². The van der Waals surface area contributed by atoms with Crippen molar-refractivity contribution in [1.29, 1.82) is 0 Å². The fourth-order valence-electron chi connectivity index (χ4n) is 0. The van der Waals surface area contributed by atoms with E-state index in [1.54, 1.807) is 0 Å². The van der Waals surface area contributed by atoms with Crippen LogP contribution < -0.4 is 63.2 Å². The first kappa shape index (κ1) is 23.5. The zero-order valence-electron chi connectivity index (χ0n) is 6.22. The van der Waals surface area contributed by atoms with E-state index in [1.165, 1.54) is 0 Å². The van der Waals surface area contributed by atoms with Crippen LogP contribution in [0.3, 0.4) is 0 Å². The van der Waals surface area contributed by atoms with Gasteiger partial charge in [-0.05, 0) is 0 Å². The number of hydrazine groups is 1. The number of nitrogens with two attached hydrogens (primary N) is 2. The summed E-state index contributed by atoms with van der Waals surface area (Å²) in [6.45, 7) is 0. The Labute approximate surface area is 88.6 Å². The minimum absolute atomic E-state index is 0. The Hall–Kier alpha value is 0.777. The Morgan fingerprint density at radius 2 is 0.769 bits per heavy atom. The van der Waals surface area contributed by atoms with E-state index in [0.717, 1.165) is 0 Å². The van der Waals surface area contributed by atoms with Gasteiger partial charge in [-0.1, -0.05) is 0 Å². The van der Waals surface area contributed by atoms with Crippen LogP contribution in [0.15, 0.2) is 0 Å². The van der Waals surface area contributed by atoms with Gasteiger partial charge in [0.25, 0.3) is 0 Å². The molecular formula is H5Cl2LiN2O8. The first-order valence-corrected chi connectivity index (χ1v) is 4.08. The monoisotopic (exact) mass is 238 g/mol. The van der Waals surface area contributed by atoms with Gasteiger partial charge in [-0.25, -0.2) is 18.6 Å². The predicted molar refractivity (Wildman–Crippen MR) is 10.6 cm³/mol. The van der Waals surface area contributed by atoms with E-state index in [1.807, 2.05) is 0 Å². The molecule has 0 saturated carbocycles. The van der Waals surface area contributed by atoms with E-state index < -0.39 is 20.5 Å². The molecule has 0 amide bonds. The van der Waals surface area contributed by atoms with Crippen molar-refractivity contribution in [2.24, 2.45) is 11.7 Å². The zero-order valence-corrected chi connectivity index (χ0v) is 7.73. The second kappa shape index (κ2) is 10.9. The van der Waals surface area contributed by atoms with Crippen LogP contribution in [-0.4, -0.2) is 4.66 Å². The Kier molecular flexibility index (Phi) is 19.6. The fraction of sp³-hybridized carbons (Fsp3) is 0. The van der Waals surface area contributed by atoms with Gasteiger partial charge in [0.1, 0.15) is 0 Å². The molecule has 0 aliphatic carbocycles. The van der Waals surface area contributed by atoms with Gasteiger partial charge in [0.15, 0.2) is 0 Å². The van der Waals surface area contributed by atoms with Gasteiger partial charge < -0.3 is 0 Å². The van der Waals surface area contributed by atoms with Crippen LogP contribution >= 0.6 is 0 Å². The molecule has 0 unspecified atom stereocenters. The van der Waals surface area contributed by atoms with Crippen molar-refractivity contribution in [2.75, 3.05) is 0 Å². The molecule has 0 aromatic carbocycles. The molecule has 0 aromatic heterocycles. The zero-order chi connectivity index (χ0) is 11.0. The fourth-order valence-corrected chi connectivity index (χ4v) is 0. The third-order valence-corrected chi connectivity index (χ3v) is 0. The van der Waals surface area contributed by atoms with Crippen molar-refractivity contribution < 1.29 is 76.6 Å². The average molecular weight is 239 g/mol. The molecule has 0 aliphatic rings. The molecule has 10 nitrogen and oxygen atoms in total. The van der Waals surface area contributed by atoms with Crippen LogP contribution in [0.25, 0.3) is 0 Å². The molecular weight excluding hydrogens is 234 g/mol. The maximum absolute atomic E-state index is 8.60. The van der Waals surface area contributed by atoms with Gasteiger partial charge in [0.2, 0.25) is 0 Å². The smallest absolute Gasteiger partial charge is 0.274 e. The molecule has 5 N–H and O–H groups in total. The van der Waals surface area contributed by atoms with Gasteiger partial charge in [-0.2, -0.15) is 14.0 Å². The molecule has 0 radical (unpaired) electrons. The standard InChI is InChI=1S/2ClHO4.Li.H4N2/c2*2-1(3,4)5;;1-2/h2*(H,2,3,4,5);;1-2H2/q;;+1;/p-1. The summed E-state index contributed by atoms with van der Waals surface area (Å²) in [5.74, 6) is 8.00. The van der Waals surface area contributed by atoms with E-state index in [2.05, 4.69) is 11.7 Å². The molecule has 78 valence electrons. The normalized spacial score (nSPS) is 9.69. The number of rotatable bonds is 0. The maximum Gasteiger partial charge on any atom is 1.00 e. The van der Waals surface area contributed by atoms with Crippen molar-refractivity contribution in [3.63, 3.8) is 0 Å². The van der Waals surface area contributed by atoms with Gasteiger partial charge in [0.05, 0.1) is 14.9 Å². The van der Waals surface area contributed by atoms with Gasteiger partial charge in [0, 0.05) is 0 Å². The molecule has 0 bridgehead atoms. The first-order valence-electron chi connectivity index (χ1n) is 1.58. The second-order valence-electron chi connectivity index (χ2n) is 0.774. The Morgan fingerprint density at radius 1 is 0.769 bits per heavy atom. The summed E-state index contributed by atoms with van der Waals surface area (Å²) >= 11 is 0. The molecule has 0 aromatic rings. The minimum Gasteiger partial charge on any atom is -0.274 e. The van der Waals surface area contributed by atoms with Crippen LogP contribution in [0.5, 0.6) is 0 Å². The van der Waals surface area contributed by atoms with Crippen LogP contribution in [0, 0.1) is 20.5 Å². The molecule has 0 rings (SSSR count). The molecule has 0 atom stereocenters. The topological polar surface area (TPSA) is 234 Å². The van der Waals surface area contributed by atoms with Crippen LogP contribution in [-0.2, 0) is 0 Å². The Bertz CT molecular complexity index is 63.1. The first-order chi connectivity index (χ1) is 5.00. The van der Waals surface area contributed by atoms with Gasteiger partial charge in [-0.3, -0.25) is 11.7 Å². The molecule has 0 aliphatic heterocycles. The summed E-state index contributed by atoms with van der Waals surface area (Å²) < 4.78 is 66.7. The molecule has 0 spiro atoms. The second-order valence-corrected chi connectivity index (χ2v) is 2.32.